The summed E-state index contributed by atoms with van der Waals surface area (Å²) in [5.41, 5.74) is 1.12. The summed E-state index contributed by atoms with van der Waals surface area (Å²) in [5, 5.41) is 0. The maximum absolute atomic E-state index is 13.7. The Morgan fingerprint density at radius 3 is 2.62 bits per heavy atom. The lowest BCUT2D eigenvalue weighted by Gasteiger charge is -2.39. The Bertz CT molecular complexity index is 598. The van der Waals surface area contributed by atoms with Crippen molar-refractivity contribution in [2.75, 3.05) is 18.0 Å². The van der Waals surface area contributed by atoms with Gasteiger partial charge in [-0.1, -0.05) is 6.07 Å². The summed E-state index contributed by atoms with van der Waals surface area (Å²) in [6, 6.07) is 4.33. The molecule has 2 fully saturated rings. The van der Waals surface area contributed by atoms with Gasteiger partial charge in [-0.25, -0.2) is 4.39 Å². The zero-order valence-electron chi connectivity index (χ0n) is 12.3. The predicted octanol–water partition coefficient (Wildman–Crippen LogP) is 2.11. The largest absolute Gasteiger partial charge is 0.329 e. The third-order valence-corrected chi connectivity index (χ3v) is 4.33. The number of piperazine rings is 1. The molecule has 0 N–H and O–H groups in total. The van der Waals surface area contributed by atoms with Gasteiger partial charge >= 0.3 is 0 Å². The van der Waals surface area contributed by atoms with E-state index in [9.17, 15) is 14.0 Å². The molecule has 0 bridgehead atoms. The van der Waals surface area contributed by atoms with Crippen LogP contribution in [0.1, 0.15) is 25.3 Å². The highest BCUT2D eigenvalue weighted by Crippen LogP contribution is 2.33. The number of rotatable bonds is 2. The summed E-state index contributed by atoms with van der Waals surface area (Å²) >= 11 is 0. The number of benzene rings is 1. The fourth-order valence-corrected chi connectivity index (χ4v) is 2.74. The van der Waals surface area contributed by atoms with E-state index in [-0.39, 0.29) is 23.5 Å². The van der Waals surface area contributed by atoms with Crippen molar-refractivity contribution in [2.24, 2.45) is 5.92 Å². The number of amides is 2. The molecule has 1 aromatic rings. The minimum atomic E-state index is -0.476. The van der Waals surface area contributed by atoms with E-state index < -0.39 is 6.04 Å². The maximum Gasteiger partial charge on any atom is 0.249 e. The van der Waals surface area contributed by atoms with E-state index in [2.05, 4.69) is 0 Å². The molecule has 1 heterocycles. The first-order valence-electron chi connectivity index (χ1n) is 7.37. The number of anilines is 1. The maximum atomic E-state index is 13.7. The molecule has 1 aromatic carbocycles. The van der Waals surface area contributed by atoms with E-state index in [1.807, 2.05) is 0 Å². The number of hydrogen-bond acceptors (Lipinski definition) is 2. The molecular formula is C16H19FN2O2. The molecule has 1 saturated carbocycles. The molecule has 5 heteroatoms. The van der Waals surface area contributed by atoms with Crippen LogP contribution in [0.2, 0.25) is 0 Å². The van der Waals surface area contributed by atoms with Crippen molar-refractivity contribution in [1.29, 1.82) is 0 Å². The third kappa shape index (κ3) is 2.52. The number of hydrogen-bond donors (Lipinski definition) is 0. The Balaban J connectivity index is 1.79. The molecule has 2 aliphatic rings. The Labute approximate surface area is 123 Å². The summed E-state index contributed by atoms with van der Waals surface area (Å²) in [4.78, 5) is 27.9. The van der Waals surface area contributed by atoms with E-state index in [4.69, 9.17) is 0 Å². The van der Waals surface area contributed by atoms with Crippen molar-refractivity contribution in [1.82, 2.24) is 4.90 Å². The van der Waals surface area contributed by atoms with Crippen molar-refractivity contribution in [3.05, 3.63) is 29.6 Å². The molecule has 1 atom stereocenters. The van der Waals surface area contributed by atoms with Gasteiger partial charge in [-0.15, -0.1) is 0 Å². The molecule has 0 spiro atoms. The zero-order chi connectivity index (χ0) is 15.1. The van der Waals surface area contributed by atoms with E-state index in [0.717, 1.165) is 12.8 Å². The highest BCUT2D eigenvalue weighted by Gasteiger charge is 2.40. The second-order valence-corrected chi connectivity index (χ2v) is 5.91. The lowest BCUT2D eigenvalue weighted by Crippen LogP contribution is -2.58. The van der Waals surface area contributed by atoms with Gasteiger partial charge in [0.2, 0.25) is 11.8 Å². The van der Waals surface area contributed by atoms with Crippen LogP contribution < -0.4 is 4.90 Å². The molecular weight excluding hydrogens is 271 g/mol. The Hall–Kier alpha value is -1.91. The molecule has 0 aromatic heterocycles. The van der Waals surface area contributed by atoms with Crippen LogP contribution in [-0.2, 0) is 9.59 Å². The van der Waals surface area contributed by atoms with Crippen molar-refractivity contribution >= 4 is 17.5 Å². The highest BCUT2D eigenvalue weighted by atomic mass is 19.1. The van der Waals surface area contributed by atoms with Gasteiger partial charge in [0.05, 0.1) is 0 Å². The fourth-order valence-electron chi connectivity index (χ4n) is 2.74. The summed E-state index contributed by atoms with van der Waals surface area (Å²) < 4.78 is 13.7. The first-order chi connectivity index (χ1) is 9.99. The monoisotopic (exact) mass is 290 g/mol. The minimum absolute atomic E-state index is 0.0885. The average molecular weight is 290 g/mol. The van der Waals surface area contributed by atoms with E-state index >= 15 is 0 Å². The summed E-state index contributed by atoms with van der Waals surface area (Å²) in [6.45, 7) is 4.37. The number of carbonyl (C=O) groups is 2. The van der Waals surface area contributed by atoms with Crippen LogP contribution in [0.4, 0.5) is 10.1 Å². The molecule has 1 saturated heterocycles. The third-order valence-electron chi connectivity index (χ3n) is 4.33. The lowest BCUT2D eigenvalue weighted by atomic mass is 10.1. The Morgan fingerprint density at radius 2 is 2.00 bits per heavy atom. The van der Waals surface area contributed by atoms with Gasteiger partial charge in [0.15, 0.2) is 0 Å². The van der Waals surface area contributed by atoms with Crippen LogP contribution in [0.3, 0.4) is 0 Å². The molecule has 2 amide bonds. The first-order valence-corrected chi connectivity index (χ1v) is 7.37. The van der Waals surface area contributed by atoms with Gasteiger partial charge in [-0.2, -0.15) is 0 Å². The van der Waals surface area contributed by atoms with Crippen LogP contribution in [0, 0.1) is 18.7 Å². The van der Waals surface area contributed by atoms with Gasteiger partial charge in [0.1, 0.15) is 11.9 Å². The molecule has 4 nitrogen and oxygen atoms in total. The van der Waals surface area contributed by atoms with Crippen LogP contribution in [0.5, 0.6) is 0 Å². The Kier molecular flexibility index (Phi) is 3.43. The molecule has 0 radical (unpaired) electrons. The van der Waals surface area contributed by atoms with Crippen molar-refractivity contribution in [3.8, 4) is 0 Å². The highest BCUT2D eigenvalue weighted by molar-refractivity contribution is 6.00. The predicted molar refractivity (Wildman–Crippen MR) is 77.4 cm³/mol. The number of nitrogens with zero attached hydrogens (tertiary/aromatic N) is 2. The van der Waals surface area contributed by atoms with Crippen molar-refractivity contribution < 1.29 is 14.0 Å². The van der Waals surface area contributed by atoms with Gasteiger partial charge in [-0.05, 0) is 44.4 Å². The van der Waals surface area contributed by atoms with E-state index in [1.165, 1.54) is 6.07 Å². The van der Waals surface area contributed by atoms with Gasteiger partial charge in [-0.3, -0.25) is 9.59 Å². The molecule has 1 aliphatic carbocycles. The van der Waals surface area contributed by atoms with E-state index in [1.54, 1.807) is 35.8 Å². The van der Waals surface area contributed by atoms with Crippen LogP contribution in [0.25, 0.3) is 0 Å². The Morgan fingerprint density at radius 1 is 1.29 bits per heavy atom. The van der Waals surface area contributed by atoms with Crippen LogP contribution >= 0.6 is 0 Å². The smallest absolute Gasteiger partial charge is 0.249 e. The number of carbonyl (C=O) groups excluding carboxylic acids is 2. The lowest BCUT2D eigenvalue weighted by molar-refractivity contribution is -0.141. The van der Waals surface area contributed by atoms with Gasteiger partial charge in [0.25, 0.3) is 0 Å². The molecule has 3 rings (SSSR count). The van der Waals surface area contributed by atoms with Crippen molar-refractivity contribution in [2.45, 2.75) is 32.7 Å². The standard InChI is InChI=1S/C16H19FN2O2/c1-10-3-6-13(9-14(10)17)19-8-7-18(11(2)15(19)20)16(21)12-4-5-12/h3,6,9,11-12H,4-5,7-8H2,1-2H3/t11-/m0/s1. The first kappa shape index (κ1) is 14.0. The van der Waals surface area contributed by atoms with Crippen molar-refractivity contribution in [3.63, 3.8) is 0 Å². The zero-order valence-corrected chi connectivity index (χ0v) is 12.3. The molecule has 112 valence electrons. The summed E-state index contributed by atoms with van der Waals surface area (Å²) in [6.07, 6.45) is 1.87. The molecule has 21 heavy (non-hydrogen) atoms. The minimum Gasteiger partial charge on any atom is -0.329 e. The number of aryl methyl sites for hydroxylation is 1. The van der Waals surface area contributed by atoms with Gasteiger partial charge < -0.3 is 9.80 Å². The van der Waals surface area contributed by atoms with Gasteiger partial charge in [0, 0.05) is 24.7 Å². The second kappa shape index (κ2) is 5.13. The quantitative estimate of drug-likeness (QED) is 0.837. The summed E-state index contributed by atoms with van der Waals surface area (Å²) in [7, 11) is 0. The normalized spacial score (nSPS) is 22.6. The molecule has 0 unspecified atom stereocenters. The second-order valence-electron chi connectivity index (χ2n) is 5.91. The SMILES string of the molecule is Cc1ccc(N2CCN(C(=O)C3CC3)[C@@H](C)C2=O)cc1F. The van der Waals surface area contributed by atoms with E-state index in [0.29, 0.717) is 24.3 Å². The average Bonchev–Trinajstić information content (AvgIpc) is 3.29. The summed E-state index contributed by atoms with van der Waals surface area (Å²) in [5.74, 6) is -0.253. The molecule has 1 aliphatic heterocycles. The fraction of sp³-hybridized carbons (Fsp3) is 0.500. The topological polar surface area (TPSA) is 40.6 Å². The van der Waals surface area contributed by atoms with Crippen LogP contribution in [-0.4, -0.2) is 35.8 Å². The van der Waals surface area contributed by atoms with Crippen LogP contribution in [0.15, 0.2) is 18.2 Å². The number of halogens is 1.